The van der Waals surface area contributed by atoms with Crippen molar-refractivity contribution in [1.29, 1.82) is 0 Å². The van der Waals surface area contributed by atoms with Gasteiger partial charge in [-0.05, 0) is 13.8 Å². The standard InChI is InChI=1S/C4H11O4P.C3H6O/c1-3-7-9(5,6)8-4-2;1-2-3-4/h3-4H2,1-2H3,(H,5,6);3H,2H2,1H3. The van der Waals surface area contributed by atoms with E-state index in [1.165, 1.54) is 0 Å². The second-order valence-electron chi connectivity index (χ2n) is 1.88. The van der Waals surface area contributed by atoms with E-state index in [1.807, 2.05) is 6.92 Å². The van der Waals surface area contributed by atoms with E-state index in [0.717, 1.165) is 6.29 Å². The lowest BCUT2D eigenvalue weighted by molar-refractivity contribution is -0.107. The lowest BCUT2D eigenvalue weighted by Gasteiger charge is -2.07. The molecule has 0 atom stereocenters. The normalized spacial score (nSPS) is 10.2. The van der Waals surface area contributed by atoms with Crippen molar-refractivity contribution >= 4 is 14.1 Å². The Balaban J connectivity index is 0. The number of carbonyl (C=O) groups is 1. The van der Waals surface area contributed by atoms with Gasteiger partial charge in [-0.15, -0.1) is 0 Å². The van der Waals surface area contributed by atoms with Crippen LogP contribution in [0, 0.1) is 0 Å². The second-order valence-corrected chi connectivity index (χ2v) is 3.33. The van der Waals surface area contributed by atoms with Crippen LogP contribution < -0.4 is 0 Å². The molecule has 0 fully saturated rings. The highest BCUT2D eigenvalue weighted by molar-refractivity contribution is 7.47. The minimum Gasteiger partial charge on any atom is -0.303 e. The third kappa shape index (κ3) is 14.6. The first-order valence-electron chi connectivity index (χ1n) is 4.09. The Labute approximate surface area is 78.7 Å². The topological polar surface area (TPSA) is 72.8 Å². The molecule has 0 saturated carbocycles. The van der Waals surface area contributed by atoms with Crippen molar-refractivity contribution in [2.75, 3.05) is 13.2 Å². The van der Waals surface area contributed by atoms with E-state index in [2.05, 4.69) is 9.05 Å². The summed E-state index contributed by atoms with van der Waals surface area (Å²) >= 11 is 0. The van der Waals surface area contributed by atoms with Gasteiger partial charge < -0.3 is 9.69 Å². The lowest BCUT2D eigenvalue weighted by Crippen LogP contribution is -1.93. The summed E-state index contributed by atoms with van der Waals surface area (Å²) in [4.78, 5) is 17.8. The Morgan fingerprint density at radius 2 is 1.54 bits per heavy atom. The van der Waals surface area contributed by atoms with Crippen LogP contribution in [-0.4, -0.2) is 24.4 Å². The maximum absolute atomic E-state index is 10.5. The van der Waals surface area contributed by atoms with Crippen LogP contribution in [0.5, 0.6) is 0 Å². The first-order valence-corrected chi connectivity index (χ1v) is 5.59. The van der Waals surface area contributed by atoms with Crippen LogP contribution in [0.3, 0.4) is 0 Å². The number of phosphoric acid groups is 1. The Morgan fingerprint density at radius 1 is 1.23 bits per heavy atom. The van der Waals surface area contributed by atoms with Gasteiger partial charge >= 0.3 is 7.82 Å². The highest BCUT2D eigenvalue weighted by Crippen LogP contribution is 2.42. The molecule has 0 radical (unpaired) electrons. The van der Waals surface area contributed by atoms with Crippen LogP contribution in [0.1, 0.15) is 27.2 Å². The number of hydrogen-bond acceptors (Lipinski definition) is 4. The number of aldehydes is 1. The van der Waals surface area contributed by atoms with E-state index in [9.17, 15) is 9.36 Å². The number of phosphoric ester groups is 1. The van der Waals surface area contributed by atoms with Gasteiger partial charge in [-0.1, -0.05) is 6.92 Å². The van der Waals surface area contributed by atoms with Gasteiger partial charge in [0.05, 0.1) is 13.2 Å². The molecule has 0 bridgehead atoms. The van der Waals surface area contributed by atoms with Crippen molar-refractivity contribution in [2.24, 2.45) is 0 Å². The summed E-state index contributed by atoms with van der Waals surface area (Å²) in [7, 11) is -3.69. The van der Waals surface area contributed by atoms with Gasteiger partial charge in [0.25, 0.3) is 0 Å². The van der Waals surface area contributed by atoms with E-state index in [-0.39, 0.29) is 13.2 Å². The molecule has 0 aliphatic carbocycles. The molecule has 0 spiro atoms. The van der Waals surface area contributed by atoms with E-state index in [0.29, 0.717) is 6.42 Å². The molecular formula is C7H17O5P. The van der Waals surface area contributed by atoms with Crippen LogP contribution in [0.2, 0.25) is 0 Å². The van der Waals surface area contributed by atoms with Crippen LogP contribution in [0.15, 0.2) is 0 Å². The molecule has 0 rings (SSSR count). The molecular weight excluding hydrogens is 195 g/mol. The zero-order valence-corrected chi connectivity index (χ0v) is 9.12. The predicted octanol–water partition coefficient (Wildman–Crippen LogP) is 1.76. The van der Waals surface area contributed by atoms with Crippen LogP contribution in [0.25, 0.3) is 0 Å². The highest BCUT2D eigenvalue weighted by atomic mass is 31.2. The molecule has 0 aliphatic rings. The Hall–Kier alpha value is -0.220. The first kappa shape index (κ1) is 15.3. The summed E-state index contributed by atoms with van der Waals surface area (Å²) in [5.74, 6) is 0. The molecule has 0 unspecified atom stereocenters. The molecule has 0 aromatic carbocycles. The van der Waals surface area contributed by atoms with Crippen molar-refractivity contribution in [3.63, 3.8) is 0 Å². The fraction of sp³-hybridized carbons (Fsp3) is 0.857. The van der Waals surface area contributed by atoms with E-state index >= 15 is 0 Å². The van der Waals surface area contributed by atoms with E-state index in [1.54, 1.807) is 13.8 Å². The van der Waals surface area contributed by atoms with Crippen molar-refractivity contribution in [3.8, 4) is 0 Å². The minimum atomic E-state index is -3.69. The van der Waals surface area contributed by atoms with Gasteiger partial charge in [-0.25, -0.2) is 4.57 Å². The van der Waals surface area contributed by atoms with E-state index < -0.39 is 7.82 Å². The lowest BCUT2D eigenvalue weighted by atomic mass is 10.6. The van der Waals surface area contributed by atoms with Gasteiger partial charge in [0, 0.05) is 6.42 Å². The molecule has 0 amide bonds. The molecule has 0 saturated heterocycles. The highest BCUT2D eigenvalue weighted by Gasteiger charge is 2.17. The molecule has 0 aromatic rings. The summed E-state index contributed by atoms with van der Waals surface area (Å²) in [6, 6.07) is 0. The second kappa shape index (κ2) is 9.86. The zero-order valence-electron chi connectivity index (χ0n) is 8.23. The van der Waals surface area contributed by atoms with Gasteiger partial charge in [-0.3, -0.25) is 9.05 Å². The predicted molar refractivity (Wildman–Crippen MR) is 49.4 cm³/mol. The fourth-order valence-electron chi connectivity index (χ4n) is 0.364. The summed E-state index contributed by atoms with van der Waals surface area (Å²) in [5, 5.41) is 0. The van der Waals surface area contributed by atoms with Crippen molar-refractivity contribution in [3.05, 3.63) is 0 Å². The number of rotatable bonds is 5. The molecule has 0 aromatic heterocycles. The van der Waals surface area contributed by atoms with Crippen LogP contribution >= 0.6 is 7.82 Å². The molecule has 6 heteroatoms. The van der Waals surface area contributed by atoms with Crippen molar-refractivity contribution < 1.29 is 23.3 Å². The monoisotopic (exact) mass is 212 g/mol. The molecule has 80 valence electrons. The summed E-state index contributed by atoms with van der Waals surface area (Å²) < 4.78 is 19.2. The average Bonchev–Trinajstić information content (AvgIpc) is 2.04. The summed E-state index contributed by atoms with van der Waals surface area (Å²) in [6.45, 7) is 5.44. The third-order valence-corrected chi connectivity index (χ3v) is 1.92. The fourth-order valence-corrected chi connectivity index (χ4v) is 1.09. The number of hydrogen-bond donors (Lipinski definition) is 1. The Morgan fingerprint density at radius 3 is 1.69 bits per heavy atom. The van der Waals surface area contributed by atoms with Crippen molar-refractivity contribution in [2.45, 2.75) is 27.2 Å². The van der Waals surface area contributed by atoms with E-state index in [4.69, 9.17) is 4.89 Å². The Kier molecular flexibility index (Phi) is 11.6. The SMILES string of the molecule is CCC=O.CCOP(=O)(O)OCC. The van der Waals surface area contributed by atoms with Crippen molar-refractivity contribution in [1.82, 2.24) is 0 Å². The van der Waals surface area contributed by atoms with Gasteiger partial charge in [-0.2, -0.15) is 0 Å². The van der Waals surface area contributed by atoms with Crippen LogP contribution in [-0.2, 0) is 18.4 Å². The smallest absolute Gasteiger partial charge is 0.303 e. The maximum atomic E-state index is 10.5. The van der Waals surface area contributed by atoms with Gasteiger partial charge in [0.15, 0.2) is 0 Å². The Bertz CT molecular complexity index is 149. The van der Waals surface area contributed by atoms with Crippen LogP contribution in [0.4, 0.5) is 0 Å². The molecule has 13 heavy (non-hydrogen) atoms. The molecule has 5 nitrogen and oxygen atoms in total. The quantitative estimate of drug-likeness (QED) is 0.555. The number of carbonyl (C=O) groups excluding carboxylic acids is 1. The summed E-state index contributed by atoms with van der Waals surface area (Å²) in [6.07, 6.45) is 1.51. The zero-order chi connectivity index (χ0) is 10.7. The largest absolute Gasteiger partial charge is 0.472 e. The third-order valence-electron chi connectivity index (χ3n) is 0.751. The average molecular weight is 212 g/mol. The molecule has 0 heterocycles. The summed E-state index contributed by atoms with van der Waals surface area (Å²) in [5.41, 5.74) is 0. The first-order chi connectivity index (χ1) is 6.04. The molecule has 1 N–H and O–H groups in total. The minimum absolute atomic E-state index is 0.188. The van der Waals surface area contributed by atoms with Gasteiger partial charge in [0.1, 0.15) is 6.29 Å². The van der Waals surface area contributed by atoms with Gasteiger partial charge in [0.2, 0.25) is 0 Å². The maximum Gasteiger partial charge on any atom is 0.472 e. The molecule has 0 aliphatic heterocycles.